The predicted molar refractivity (Wildman–Crippen MR) is 124 cm³/mol. The number of amides is 1. The first-order valence-corrected chi connectivity index (χ1v) is 11.7. The van der Waals surface area contributed by atoms with Gasteiger partial charge >= 0.3 is 0 Å². The fourth-order valence-corrected chi connectivity index (χ4v) is 4.82. The van der Waals surface area contributed by atoms with Gasteiger partial charge in [0.2, 0.25) is 18.6 Å². The first kappa shape index (κ1) is 22.3. The lowest BCUT2D eigenvalue weighted by molar-refractivity contribution is -0.128. The maximum atomic E-state index is 12.3. The number of hydrogen-bond donors (Lipinski definition) is 2. The minimum atomic E-state index is -0.480. The zero-order valence-electron chi connectivity index (χ0n) is 19.1. The van der Waals surface area contributed by atoms with Crippen molar-refractivity contribution in [1.82, 2.24) is 29.8 Å². The Bertz CT molecular complexity index is 1290. The molecule has 178 valence electrons. The summed E-state index contributed by atoms with van der Waals surface area (Å²) in [5.41, 5.74) is 6.72. The fraction of sp³-hybridized carbons (Fsp3) is 0.409. The van der Waals surface area contributed by atoms with E-state index in [0.717, 1.165) is 10.7 Å². The number of thioether (sulfide) groups is 1. The van der Waals surface area contributed by atoms with Gasteiger partial charge in [-0.05, 0) is 6.08 Å². The third-order valence-electron chi connectivity index (χ3n) is 5.51. The van der Waals surface area contributed by atoms with Crippen LogP contribution in [-0.4, -0.2) is 43.7 Å². The average molecular weight is 484 g/mol. The van der Waals surface area contributed by atoms with Crippen LogP contribution in [0, 0.1) is 5.41 Å². The smallest absolute Gasteiger partial charge is 0.230 e. The van der Waals surface area contributed by atoms with Crippen LogP contribution in [0.25, 0.3) is 11.2 Å². The second kappa shape index (κ2) is 8.67. The highest BCUT2D eigenvalue weighted by molar-refractivity contribution is 8.03. The molecular weight excluding hydrogens is 458 g/mol. The highest BCUT2D eigenvalue weighted by Crippen LogP contribution is 2.46. The number of fused-ring (bicyclic) bond motifs is 1. The highest BCUT2D eigenvalue weighted by atomic mass is 32.2. The largest absolute Gasteiger partial charge is 0.458 e. The summed E-state index contributed by atoms with van der Waals surface area (Å²) in [6.45, 7) is 6.69. The first-order chi connectivity index (χ1) is 16.3. The summed E-state index contributed by atoms with van der Waals surface area (Å²) < 4.78 is 18.8. The van der Waals surface area contributed by atoms with E-state index in [1.165, 1.54) is 18.1 Å². The molecule has 1 amide bonds. The van der Waals surface area contributed by atoms with Gasteiger partial charge in [0.15, 0.2) is 27.9 Å². The van der Waals surface area contributed by atoms with Gasteiger partial charge in [-0.25, -0.2) is 19.9 Å². The summed E-state index contributed by atoms with van der Waals surface area (Å²) >= 11 is 1.45. The van der Waals surface area contributed by atoms with Crippen LogP contribution >= 0.6 is 11.8 Å². The third-order valence-corrected chi connectivity index (χ3v) is 6.65. The molecule has 1 atom stereocenters. The summed E-state index contributed by atoms with van der Waals surface area (Å²) in [5.74, 6) is 2.17. The minimum absolute atomic E-state index is 0.0305. The van der Waals surface area contributed by atoms with Gasteiger partial charge in [-0.3, -0.25) is 4.79 Å². The third kappa shape index (κ3) is 4.20. The van der Waals surface area contributed by atoms with E-state index in [1.807, 2.05) is 31.4 Å². The van der Waals surface area contributed by atoms with E-state index in [0.29, 0.717) is 53.3 Å². The lowest BCUT2D eigenvalue weighted by Gasteiger charge is -2.21. The number of aromatic nitrogens is 5. The second-order valence-corrected chi connectivity index (χ2v) is 9.99. The van der Waals surface area contributed by atoms with Gasteiger partial charge in [0.05, 0.1) is 12.1 Å². The van der Waals surface area contributed by atoms with Crippen LogP contribution in [0.15, 0.2) is 50.9 Å². The molecular formula is C22H25N7O4S. The van der Waals surface area contributed by atoms with Gasteiger partial charge in [0.25, 0.3) is 0 Å². The van der Waals surface area contributed by atoms with Gasteiger partial charge in [-0.1, -0.05) is 32.5 Å². The zero-order chi connectivity index (χ0) is 23.9. The number of nitrogens with zero attached hydrogens (tertiary/aromatic N) is 5. The Hall–Kier alpha value is -3.54. The van der Waals surface area contributed by atoms with Crippen molar-refractivity contribution in [2.24, 2.45) is 5.41 Å². The SMILES string of the molecule is CC(C)(C)C(=O)NCCn1c(SC2=CC3=C(CC2c2ncco2)OCO3)nc2c(N)ncnc21. The quantitative estimate of drug-likeness (QED) is 0.537. The number of hydrogen-bond acceptors (Lipinski definition) is 10. The fourth-order valence-electron chi connectivity index (χ4n) is 3.69. The molecule has 3 N–H and O–H groups in total. The standard InChI is InChI=1S/C22H25N7O4S/c1-22(2,3)20(30)25-4-6-29-18-16(17(23)26-10-27-18)28-21(29)34-15-9-14-13(32-11-33-14)8-12(15)19-24-5-7-31-19/h5,7,9-10,12H,4,6,8,11H2,1-3H3,(H,25,30)(H2,23,26,27). The predicted octanol–water partition coefficient (Wildman–Crippen LogP) is 2.94. The lowest BCUT2D eigenvalue weighted by Crippen LogP contribution is -2.36. The number of allylic oxidation sites excluding steroid dienone is 3. The highest BCUT2D eigenvalue weighted by Gasteiger charge is 2.34. The molecule has 1 aliphatic carbocycles. The van der Waals surface area contributed by atoms with Gasteiger partial charge in [0, 0.05) is 29.8 Å². The number of imidazole rings is 1. The summed E-state index contributed by atoms with van der Waals surface area (Å²) in [7, 11) is 0. The second-order valence-electron chi connectivity index (χ2n) is 8.95. The summed E-state index contributed by atoms with van der Waals surface area (Å²) in [5, 5.41) is 3.64. The molecule has 5 rings (SSSR count). The van der Waals surface area contributed by atoms with Crippen LogP contribution in [0.1, 0.15) is 39.0 Å². The molecule has 1 unspecified atom stereocenters. The maximum Gasteiger partial charge on any atom is 0.230 e. The Morgan fingerprint density at radius 1 is 1.29 bits per heavy atom. The van der Waals surface area contributed by atoms with Crippen molar-refractivity contribution >= 4 is 34.7 Å². The Morgan fingerprint density at radius 3 is 2.91 bits per heavy atom. The number of nitrogens with two attached hydrogens (primary N) is 1. The van der Waals surface area contributed by atoms with Crippen LogP contribution in [0.3, 0.4) is 0 Å². The van der Waals surface area contributed by atoms with Crippen LogP contribution < -0.4 is 11.1 Å². The van der Waals surface area contributed by atoms with Gasteiger partial charge < -0.3 is 29.5 Å². The number of oxazole rings is 1. The molecule has 0 spiro atoms. The van der Waals surface area contributed by atoms with E-state index in [4.69, 9.17) is 24.6 Å². The van der Waals surface area contributed by atoms with Crippen molar-refractivity contribution < 1.29 is 18.7 Å². The van der Waals surface area contributed by atoms with Crippen LogP contribution in [0.5, 0.6) is 0 Å². The van der Waals surface area contributed by atoms with Crippen LogP contribution in [-0.2, 0) is 20.8 Å². The van der Waals surface area contributed by atoms with Crippen molar-refractivity contribution in [2.75, 3.05) is 19.1 Å². The molecule has 0 radical (unpaired) electrons. The van der Waals surface area contributed by atoms with E-state index in [2.05, 4.69) is 20.3 Å². The normalized spacial score (nSPS) is 17.9. The Balaban J connectivity index is 1.48. The van der Waals surface area contributed by atoms with E-state index in [9.17, 15) is 4.79 Å². The van der Waals surface area contributed by atoms with Gasteiger partial charge in [-0.15, -0.1) is 0 Å². The molecule has 0 aromatic carbocycles. The maximum absolute atomic E-state index is 12.3. The van der Waals surface area contributed by atoms with Crippen molar-refractivity contribution in [1.29, 1.82) is 0 Å². The van der Waals surface area contributed by atoms with Crippen molar-refractivity contribution in [2.45, 2.75) is 44.8 Å². The molecule has 4 heterocycles. The van der Waals surface area contributed by atoms with Crippen LogP contribution in [0.2, 0.25) is 0 Å². The molecule has 34 heavy (non-hydrogen) atoms. The molecule has 12 heteroatoms. The minimum Gasteiger partial charge on any atom is -0.458 e. The topological polar surface area (TPSA) is 143 Å². The van der Waals surface area contributed by atoms with Crippen LogP contribution in [0.4, 0.5) is 5.82 Å². The number of rotatable bonds is 6. The Morgan fingerprint density at radius 2 is 2.15 bits per heavy atom. The van der Waals surface area contributed by atoms with Crippen molar-refractivity contribution in [3.05, 3.63) is 47.2 Å². The summed E-state index contributed by atoms with van der Waals surface area (Å²) in [4.78, 5) is 30.9. The Labute approximate surface area is 199 Å². The summed E-state index contributed by atoms with van der Waals surface area (Å²) in [6.07, 6.45) is 7.09. The van der Waals surface area contributed by atoms with E-state index >= 15 is 0 Å². The molecule has 3 aromatic rings. The van der Waals surface area contributed by atoms with E-state index in [1.54, 1.807) is 12.5 Å². The molecule has 0 saturated heterocycles. The Kier molecular flexibility index (Phi) is 5.68. The van der Waals surface area contributed by atoms with Crippen molar-refractivity contribution in [3.63, 3.8) is 0 Å². The van der Waals surface area contributed by atoms with E-state index < -0.39 is 5.41 Å². The van der Waals surface area contributed by atoms with Gasteiger partial charge in [-0.2, -0.15) is 0 Å². The monoisotopic (exact) mass is 483 g/mol. The molecule has 3 aromatic heterocycles. The number of carbonyl (C=O) groups excluding carboxylic acids is 1. The zero-order valence-corrected chi connectivity index (χ0v) is 19.9. The number of nitrogens with one attached hydrogen (secondary N) is 1. The first-order valence-electron chi connectivity index (χ1n) is 10.8. The number of carbonyl (C=O) groups is 1. The van der Waals surface area contributed by atoms with Gasteiger partial charge in [0.1, 0.15) is 18.3 Å². The number of anilines is 1. The molecule has 0 saturated carbocycles. The number of nitrogen functional groups attached to an aromatic ring is 1. The average Bonchev–Trinajstić information content (AvgIpc) is 3.53. The molecule has 11 nitrogen and oxygen atoms in total. The van der Waals surface area contributed by atoms with Crippen molar-refractivity contribution in [3.8, 4) is 0 Å². The van der Waals surface area contributed by atoms with E-state index in [-0.39, 0.29) is 18.6 Å². The molecule has 0 bridgehead atoms. The molecule has 1 aliphatic heterocycles. The summed E-state index contributed by atoms with van der Waals surface area (Å²) in [6, 6.07) is 0. The molecule has 2 aliphatic rings. The number of ether oxygens (including phenoxy) is 2. The molecule has 0 fully saturated rings. The lowest BCUT2D eigenvalue weighted by atomic mass is 9.96.